The van der Waals surface area contributed by atoms with E-state index in [1.54, 1.807) is 19.9 Å². The van der Waals surface area contributed by atoms with Gasteiger partial charge in [-0.2, -0.15) is 0 Å². The van der Waals surface area contributed by atoms with Crippen LogP contribution in [0.4, 0.5) is 0 Å². The molecule has 1 rings (SSSR count). The Morgan fingerprint density at radius 3 is 2.75 bits per heavy atom. The van der Waals surface area contributed by atoms with E-state index < -0.39 is 11.6 Å². The molecule has 1 aromatic rings. The minimum Gasteiger partial charge on any atom is -0.465 e. The molecular formula is C12H13NO3. The summed E-state index contributed by atoms with van der Waals surface area (Å²) in [6.45, 7) is 3.16. The number of nitrogens with zero attached hydrogens (tertiary/aromatic N) is 1. The molecule has 0 unspecified atom stereocenters. The van der Waals surface area contributed by atoms with Crippen LogP contribution in [0.15, 0.2) is 18.5 Å². The summed E-state index contributed by atoms with van der Waals surface area (Å²) >= 11 is 0. The van der Waals surface area contributed by atoms with E-state index in [2.05, 4.69) is 21.6 Å². The first kappa shape index (κ1) is 12.2. The first-order valence-corrected chi connectivity index (χ1v) is 4.71. The summed E-state index contributed by atoms with van der Waals surface area (Å²) in [5, 5.41) is 9.42. The summed E-state index contributed by atoms with van der Waals surface area (Å²) in [6.07, 6.45) is 2.92. The minimum atomic E-state index is -1.07. The number of aliphatic hydroxyl groups is 1. The van der Waals surface area contributed by atoms with Gasteiger partial charge in [0, 0.05) is 18.0 Å². The van der Waals surface area contributed by atoms with Gasteiger partial charge in [0.05, 0.1) is 12.7 Å². The minimum absolute atomic E-state index is 0.338. The first-order chi connectivity index (χ1) is 7.42. The van der Waals surface area contributed by atoms with Crippen LogP contribution < -0.4 is 0 Å². The monoisotopic (exact) mass is 219 g/mol. The fourth-order valence-corrected chi connectivity index (χ4v) is 0.963. The zero-order valence-electron chi connectivity index (χ0n) is 9.44. The van der Waals surface area contributed by atoms with Gasteiger partial charge >= 0.3 is 5.97 Å². The van der Waals surface area contributed by atoms with Crippen molar-refractivity contribution in [2.24, 2.45) is 0 Å². The number of carbonyl (C=O) groups excluding carboxylic acids is 1. The van der Waals surface area contributed by atoms with Gasteiger partial charge in [0.25, 0.3) is 0 Å². The number of hydrogen-bond acceptors (Lipinski definition) is 4. The Hall–Kier alpha value is -1.86. The topological polar surface area (TPSA) is 59.4 Å². The van der Waals surface area contributed by atoms with Crippen LogP contribution in [-0.4, -0.2) is 28.8 Å². The number of methoxy groups -OCH3 is 1. The average molecular weight is 219 g/mol. The molecule has 4 nitrogen and oxygen atoms in total. The number of pyridine rings is 1. The van der Waals surface area contributed by atoms with Crippen LogP contribution >= 0.6 is 0 Å². The zero-order chi connectivity index (χ0) is 12.2. The highest BCUT2D eigenvalue weighted by molar-refractivity contribution is 5.89. The Morgan fingerprint density at radius 1 is 1.50 bits per heavy atom. The van der Waals surface area contributed by atoms with Gasteiger partial charge in [0.15, 0.2) is 0 Å². The van der Waals surface area contributed by atoms with E-state index in [1.807, 2.05) is 0 Å². The van der Waals surface area contributed by atoms with Gasteiger partial charge in [-0.05, 0) is 19.9 Å². The van der Waals surface area contributed by atoms with Gasteiger partial charge in [-0.25, -0.2) is 4.79 Å². The lowest BCUT2D eigenvalue weighted by molar-refractivity contribution is 0.0600. The molecule has 0 amide bonds. The van der Waals surface area contributed by atoms with Gasteiger partial charge in [-0.15, -0.1) is 0 Å². The molecule has 0 aromatic carbocycles. The molecule has 4 heteroatoms. The van der Waals surface area contributed by atoms with Gasteiger partial charge in [0.1, 0.15) is 5.60 Å². The van der Waals surface area contributed by atoms with Crippen LogP contribution in [0.2, 0.25) is 0 Å². The summed E-state index contributed by atoms with van der Waals surface area (Å²) in [4.78, 5) is 15.1. The highest BCUT2D eigenvalue weighted by atomic mass is 16.5. The number of rotatable bonds is 1. The molecule has 0 saturated carbocycles. The van der Waals surface area contributed by atoms with Gasteiger partial charge in [0.2, 0.25) is 0 Å². The second kappa shape index (κ2) is 4.77. The molecule has 0 atom stereocenters. The van der Waals surface area contributed by atoms with E-state index in [-0.39, 0.29) is 0 Å². The van der Waals surface area contributed by atoms with E-state index in [0.29, 0.717) is 11.1 Å². The fourth-order valence-electron chi connectivity index (χ4n) is 0.963. The maximum Gasteiger partial charge on any atom is 0.339 e. The molecule has 0 aliphatic rings. The van der Waals surface area contributed by atoms with Gasteiger partial charge in [-0.3, -0.25) is 4.98 Å². The van der Waals surface area contributed by atoms with E-state index >= 15 is 0 Å². The number of aromatic nitrogens is 1. The van der Waals surface area contributed by atoms with Crippen molar-refractivity contribution < 1.29 is 14.6 Å². The Labute approximate surface area is 94.3 Å². The van der Waals surface area contributed by atoms with E-state index in [9.17, 15) is 9.90 Å². The van der Waals surface area contributed by atoms with Crippen LogP contribution in [0.3, 0.4) is 0 Å². The molecule has 0 aliphatic carbocycles. The molecule has 0 bridgehead atoms. The van der Waals surface area contributed by atoms with Crippen molar-refractivity contribution in [3.05, 3.63) is 29.6 Å². The van der Waals surface area contributed by atoms with Gasteiger partial charge < -0.3 is 9.84 Å². The summed E-state index contributed by atoms with van der Waals surface area (Å²) in [7, 11) is 1.30. The predicted molar refractivity (Wildman–Crippen MR) is 58.8 cm³/mol. The highest BCUT2D eigenvalue weighted by Gasteiger charge is 2.07. The van der Waals surface area contributed by atoms with Crippen LogP contribution in [-0.2, 0) is 4.74 Å². The van der Waals surface area contributed by atoms with Crippen LogP contribution in [0.5, 0.6) is 0 Å². The molecule has 0 radical (unpaired) electrons. The van der Waals surface area contributed by atoms with Crippen molar-refractivity contribution in [3.8, 4) is 11.8 Å². The molecule has 1 heterocycles. The lowest BCUT2D eigenvalue weighted by atomic mass is 10.1. The van der Waals surface area contributed by atoms with Crippen molar-refractivity contribution in [2.75, 3.05) is 7.11 Å². The summed E-state index contributed by atoms with van der Waals surface area (Å²) < 4.78 is 4.56. The van der Waals surface area contributed by atoms with Crippen molar-refractivity contribution in [2.45, 2.75) is 19.4 Å². The largest absolute Gasteiger partial charge is 0.465 e. The Kier molecular flexibility index (Phi) is 3.64. The molecular weight excluding hydrogens is 206 g/mol. The molecule has 0 aliphatic heterocycles. The quantitative estimate of drug-likeness (QED) is 0.565. The molecule has 0 fully saturated rings. The Balaban J connectivity index is 2.99. The summed E-state index contributed by atoms with van der Waals surface area (Å²) in [6, 6.07) is 1.57. The lowest BCUT2D eigenvalue weighted by Gasteiger charge is -2.05. The molecule has 1 N–H and O–H groups in total. The maximum atomic E-state index is 11.2. The Morgan fingerprint density at radius 2 is 2.19 bits per heavy atom. The number of ether oxygens (including phenoxy) is 1. The van der Waals surface area contributed by atoms with Gasteiger partial charge in [-0.1, -0.05) is 11.8 Å². The smallest absolute Gasteiger partial charge is 0.339 e. The molecule has 1 aromatic heterocycles. The third-order valence-corrected chi connectivity index (χ3v) is 1.67. The van der Waals surface area contributed by atoms with Crippen LogP contribution in [0.25, 0.3) is 0 Å². The first-order valence-electron chi connectivity index (χ1n) is 4.71. The zero-order valence-corrected chi connectivity index (χ0v) is 9.44. The van der Waals surface area contributed by atoms with Crippen LogP contribution in [0.1, 0.15) is 29.8 Å². The Bertz CT molecular complexity index is 449. The third-order valence-electron chi connectivity index (χ3n) is 1.67. The molecule has 16 heavy (non-hydrogen) atoms. The summed E-state index contributed by atoms with van der Waals surface area (Å²) in [5.74, 6) is 4.91. The number of esters is 1. The standard InChI is InChI=1S/C12H13NO3/c1-12(2,15)5-4-9-6-10(8-13-7-9)11(14)16-3/h6-8,15H,1-3H3. The molecule has 0 saturated heterocycles. The normalized spacial score (nSPS) is 10.2. The predicted octanol–water partition coefficient (Wildman–Crippen LogP) is 0.991. The van der Waals surface area contributed by atoms with E-state index in [4.69, 9.17) is 0 Å². The lowest BCUT2D eigenvalue weighted by Crippen LogP contribution is -2.14. The van der Waals surface area contributed by atoms with Crippen LogP contribution in [0, 0.1) is 11.8 Å². The molecule has 0 spiro atoms. The number of carbonyl (C=O) groups is 1. The second-order valence-corrected chi connectivity index (χ2v) is 3.76. The van der Waals surface area contributed by atoms with Crippen molar-refractivity contribution >= 4 is 5.97 Å². The SMILES string of the molecule is COC(=O)c1cncc(C#CC(C)(C)O)c1. The van der Waals surface area contributed by atoms with Crippen molar-refractivity contribution in [3.63, 3.8) is 0 Å². The number of hydrogen-bond donors (Lipinski definition) is 1. The average Bonchev–Trinajstić information content (AvgIpc) is 2.25. The van der Waals surface area contributed by atoms with Crippen molar-refractivity contribution in [1.29, 1.82) is 0 Å². The fraction of sp³-hybridized carbons (Fsp3) is 0.333. The van der Waals surface area contributed by atoms with E-state index in [0.717, 1.165) is 0 Å². The molecule has 84 valence electrons. The van der Waals surface area contributed by atoms with Crippen molar-refractivity contribution in [1.82, 2.24) is 4.98 Å². The summed E-state index contributed by atoms with van der Waals surface area (Å²) in [5.41, 5.74) is -0.170. The second-order valence-electron chi connectivity index (χ2n) is 3.76. The highest BCUT2D eigenvalue weighted by Crippen LogP contribution is 2.04. The maximum absolute atomic E-state index is 11.2. The van der Waals surface area contributed by atoms with E-state index in [1.165, 1.54) is 19.5 Å². The third kappa shape index (κ3) is 3.71.